The lowest BCUT2D eigenvalue weighted by Gasteiger charge is -2.28. The Morgan fingerprint density at radius 3 is 2.62 bits per heavy atom. The Balaban J connectivity index is 1.81. The highest BCUT2D eigenvalue weighted by molar-refractivity contribution is 8.00. The molecule has 2 aliphatic rings. The average molecular weight is 243 g/mol. The maximum Gasteiger partial charge on any atom is 0.0613 e. The molecule has 2 rings (SSSR count). The summed E-state index contributed by atoms with van der Waals surface area (Å²) in [5, 5.41) is 14.8. The zero-order valence-corrected chi connectivity index (χ0v) is 11.2. The van der Waals surface area contributed by atoms with E-state index < -0.39 is 0 Å². The summed E-state index contributed by atoms with van der Waals surface area (Å²) < 4.78 is 0. The van der Waals surface area contributed by atoms with Crippen molar-refractivity contribution >= 4 is 11.8 Å². The first-order valence-electron chi connectivity index (χ1n) is 6.79. The molecule has 0 aromatic rings. The predicted molar refractivity (Wildman–Crippen MR) is 71.0 cm³/mol. The zero-order chi connectivity index (χ0) is 11.4. The molecule has 0 spiro atoms. The van der Waals surface area contributed by atoms with Gasteiger partial charge in [0.25, 0.3) is 0 Å². The minimum Gasteiger partial charge on any atom is -0.394 e. The molecule has 2 nitrogen and oxygen atoms in total. The molecule has 0 aliphatic heterocycles. The number of thioether (sulfide) groups is 1. The minimum absolute atomic E-state index is 0.0466. The monoisotopic (exact) mass is 243 g/mol. The Hall–Kier alpha value is 0.270. The third-order valence-electron chi connectivity index (χ3n) is 4.10. The molecule has 2 fully saturated rings. The van der Waals surface area contributed by atoms with Gasteiger partial charge in [-0.25, -0.2) is 0 Å². The zero-order valence-electron chi connectivity index (χ0n) is 10.4. The van der Waals surface area contributed by atoms with E-state index in [2.05, 4.69) is 24.0 Å². The maximum absolute atomic E-state index is 9.55. The van der Waals surface area contributed by atoms with Gasteiger partial charge < -0.3 is 10.4 Å². The fraction of sp³-hybridized carbons (Fsp3) is 1.00. The van der Waals surface area contributed by atoms with Crippen molar-refractivity contribution in [2.75, 3.05) is 13.2 Å². The molecule has 0 heterocycles. The number of aliphatic hydroxyl groups is 1. The number of aliphatic hydroxyl groups excluding tert-OH is 1. The second-order valence-electron chi connectivity index (χ2n) is 5.38. The Bertz CT molecular complexity index is 218. The normalized spacial score (nSPS) is 36.0. The molecule has 0 aromatic carbocycles. The SMILES string of the molecule is CCNC1(CO)CCC(SC2CCCC2)C1. The number of likely N-dealkylation sites (N-methyl/N-ethyl adjacent to an activating group) is 1. The summed E-state index contributed by atoms with van der Waals surface area (Å²) in [5.74, 6) is 0. The van der Waals surface area contributed by atoms with Crippen molar-refractivity contribution in [1.82, 2.24) is 5.32 Å². The van der Waals surface area contributed by atoms with Crippen LogP contribution in [-0.2, 0) is 0 Å². The van der Waals surface area contributed by atoms with Gasteiger partial charge >= 0.3 is 0 Å². The van der Waals surface area contributed by atoms with Crippen LogP contribution in [0.2, 0.25) is 0 Å². The summed E-state index contributed by atoms with van der Waals surface area (Å²) in [4.78, 5) is 0. The van der Waals surface area contributed by atoms with Crippen LogP contribution in [0.1, 0.15) is 51.9 Å². The topological polar surface area (TPSA) is 32.3 Å². The molecule has 16 heavy (non-hydrogen) atoms. The summed E-state index contributed by atoms with van der Waals surface area (Å²) in [6.45, 7) is 3.42. The fourth-order valence-electron chi connectivity index (χ4n) is 3.23. The standard InChI is InChI=1S/C13H25NOS/c1-2-14-13(10-15)8-7-12(9-13)16-11-5-3-4-6-11/h11-12,14-15H,2-10H2,1H3. The van der Waals surface area contributed by atoms with Crippen molar-refractivity contribution in [3.05, 3.63) is 0 Å². The van der Waals surface area contributed by atoms with Crippen molar-refractivity contribution in [2.24, 2.45) is 0 Å². The lowest BCUT2D eigenvalue weighted by molar-refractivity contribution is 0.167. The van der Waals surface area contributed by atoms with Crippen molar-refractivity contribution in [3.8, 4) is 0 Å². The van der Waals surface area contributed by atoms with Crippen LogP contribution >= 0.6 is 11.8 Å². The molecule has 2 N–H and O–H groups in total. The Morgan fingerprint density at radius 2 is 2.00 bits per heavy atom. The molecule has 3 heteroatoms. The summed E-state index contributed by atoms with van der Waals surface area (Å²) in [6.07, 6.45) is 9.32. The van der Waals surface area contributed by atoms with E-state index in [1.54, 1.807) is 0 Å². The van der Waals surface area contributed by atoms with E-state index in [4.69, 9.17) is 0 Å². The van der Waals surface area contributed by atoms with Crippen LogP contribution in [0.5, 0.6) is 0 Å². The Kier molecular flexibility index (Phi) is 4.57. The highest BCUT2D eigenvalue weighted by Gasteiger charge is 2.39. The summed E-state index contributed by atoms with van der Waals surface area (Å²) in [6, 6.07) is 0. The second-order valence-corrected chi connectivity index (χ2v) is 6.98. The highest BCUT2D eigenvalue weighted by Crippen LogP contribution is 2.42. The lowest BCUT2D eigenvalue weighted by Crippen LogP contribution is -2.46. The van der Waals surface area contributed by atoms with Crippen LogP contribution in [0.25, 0.3) is 0 Å². The Morgan fingerprint density at radius 1 is 1.25 bits per heavy atom. The van der Waals surface area contributed by atoms with Gasteiger partial charge in [0.05, 0.1) is 6.61 Å². The molecule has 2 saturated carbocycles. The van der Waals surface area contributed by atoms with E-state index >= 15 is 0 Å². The van der Waals surface area contributed by atoms with E-state index in [0.717, 1.165) is 23.5 Å². The van der Waals surface area contributed by atoms with Gasteiger partial charge in [0.15, 0.2) is 0 Å². The van der Waals surface area contributed by atoms with Gasteiger partial charge in [0.2, 0.25) is 0 Å². The lowest BCUT2D eigenvalue weighted by atomic mass is 9.99. The molecular weight excluding hydrogens is 218 g/mol. The largest absolute Gasteiger partial charge is 0.394 e. The van der Waals surface area contributed by atoms with Gasteiger partial charge in [-0.1, -0.05) is 19.8 Å². The van der Waals surface area contributed by atoms with Gasteiger partial charge in [-0.15, -0.1) is 0 Å². The van der Waals surface area contributed by atoms with Crippen molar-refractivity contribution in [1.29, 1.82) is 0 Å². The van der Waals surface area contributed by atoms with Crippen LogP contribution in [-0.4, -0.2) is 34.3 Å². The van der Waals surface area contributed by atoms with E-state index in [9.17, 15) is 5.11 Å². The van der Waals surface area contributed by atoms with Crippen LogP contribution in [0.3, 0.4) is 0 Å². The van der Waals surface area contributed by atoms with Crippen LogP contribution in [0, 0.1) is 0 Å². The molecule has 0 bridgehead atoms. The third kappa shape index (κ3) is 2.93. The first-order valence-corrected chi connectivity index (χ1v) is 7.73. The van der Waals surface area contributed by atoms with Gasteiger partial charge in [-0.05, 0) is 38.6 Å². The highest BCUT2D eigenvalue weighted by atomic mass is 32.2. The maximum atomic E-state index is 9.55. The Labute approximate surface area is 104 Å². The first-order chi connectivity index (χ1) is 7.78. The van der Waals surface area contributed by atoms with Gasteiger partial charge in [-0.3, -0.25) is 0 Å². The molecule has 2 unspecified atom stereocenters. The summed E-state index contributed by atoms with van der Waals surface area (Å²) in [7, 11) is 0. The summed E-state index contributed by atoms with van der Waals surface area (Å²) >= 11 is 2.21. The predicted octanol–water partition coefficient (Wildman–Crippen LogP) is 2.56. The van der Waals surface area contributed by atoms with Gasteiger partial charge in [0, 0.05) is 16.0 Å². The van der Waals surface area contributed by atoms with Crippen molar-refractivity contribution in [2.45, 2.75) is 67.9 Å². The number of nitrogens with one attached hydrogen (secondary N) is 1. The number of rotatable bonds is 5. The van der Waals surface area contributed by atoms with Crippen molar-refractivity contribution in [3.63, 3.8) is 0 Å². The molecular formula is C13H25NOS. The van der Waals surface area contributed by atoms with E-state index in [0.29, 0.717) is 6.61 Å². The average Bonchev–Trinajstić information content (AvgIpc) is 2.90. The van der Waals surface area contributed by atoms with Gasteiger partial charge in [0.1, 0.15) is 0 Å². The van der Waals surface area contributed by atoms with Crippen LogP contribution in [0.15, 0.2) is 0 Å². The molecule has 0 saturated heterocycles. The van der Waals surface area contributed by atoms with Crippen LogP contribution < -0.4 is 5.32 Å². The minimum atomic E-state index is 0.0466. The quantitative estimate of drug-likeness (QED) is 0.778. The second kappa shape index (κ2) is 5.74. The smallest absolute Gasteiger partial charge is 0.0613 e. The molecule has 94 valence electrons. The van der Waals surface area contributed by atoms with E-state index in [1.165, 1.54) is 38.5 Å². The molecule has 0 amide bonds. The molecule has 2 aliphatic carbocycles. The van der Waals surface area contributed by atoms with E-state index in [-0.39, 0.29) is 5.54 Å². The van der Waals surface area contributed by atoms with Crippen LogP contribution in [0.4, 0.5) is 0 Å². The van der Waals surface area contributed by atoms with E-state index in [1.807, 2.05) is 0 Å². The van der Waals surface area contributed by atoms with Crippen molar-refractivity contribution < 1.29 is 5.11 Å². The first kappa shape index (κ1) is 12.7. The summed E-state index contributed by atoms with van der Waals surface area (Å²) in [5.41, 5.74) is 0.0466. The molecule has 2 atom stereocenters. The number of hydrogen-bond donors (Lipinski definition) is 2. The number of hydrogen-bond acceptors (Lipinski definition) is 3. The van der Waals surface area contributed by atoms with Gasteiger partial charge in [-0.2, -0.15) is 11.8 Å². The molecule has 0 aromatic heterocycles. The third-order valence-corrected chi connectivity index (χ3v) is 5.75. The molecule has 0 radical (unpaired) electrons. The fourth-order valence-corrected chi connectivity index (χ4v) is 5.04.